The normalized spacial score (nSPS) is 15.9. The highest BCUT2D eigenvalue weighted by molar-refractivity contribution is 5.94. The Bertz CT molecular complexity index is 958. The van der Waals surface area contributed by atoms with Crippen molar-refractivity contribution in [1.29, 1.82) is 0 Å². The smallest absolute Gasteiger partial charge is 0.257 e. The molecule has 0 N–H and O–H groups in total. The van der Waals surface area contributed by atoms with Gasteiger partial charge in [-0.2, -0.15) is 0 Å². The van der Waals surface area contributed by atoms with Gasteiger partial charge in [-0.3, -0.25) is 9.78 Å². The molecular weight excluding hydrogens is 340 g/mol. The molecule has 3 heterocycles. The van der Waals surface area contributed by atoms with Crippen LogP contribution in [-0.4, -0.2) is 39.4 Å². The van der Waals surface area contributed by atoms with E-state index in [9.17, 15) is 4.79 Å². The van der Waals surface area contributed by atoms with E-state index < -0.39 is 0 Å². The van der Waals surface area contributed by atoms with Crippen molar-refractivity contribution in [2.45, 2.75) is 19.4 Å². The van der Waals surface area contributed by atoms with Crippen LogP contribution in [0.1, 0.15) is 34.5 Å². The summed E-state index contributed by atoms with van der Waals surface area (Å²) in [4.78, 5) is 27.6. The Hall–Kier alpha value is -3.28. The van der Waals surface area contributed by atoms with E-state index >= 15 is 0 Å². The molecule has 6 heteroatoms. The number of rotatable bonds is 3. The molecule has 27 heavy (non-hydrogen) atoms. The zero-order valence-corrected chi connectivity index (χ0v) is 15.3. The fourth-order valence-corrected chi connectivity index (χ4v) is 3.44. The molecule has 1 aliphatic rings. The summed E-state index contributed by atoms with van der Waals surface area (Å²) in [5.74, 6) is 1.30. The summed E-state index contributed by atoms with van der Waals surface area (Å²) in [6, 6.07) is 9.75. The molecule has 1 aromatic carbocycles. The van der Waals surface area contributed by atoms with Crippen LogP contribution in [0.15, 0.2) is 55.1 Å². The summed E-state index contributed by atoms with van der Waals surface area (Å²) in [7, 11) is 1.65. The van der Waals surface area contributed by atoms with Crippen LogP contribution < -0.4 is 4.74 Å². The van der Waals surface area contributed by atoms with Crippen molar-refractivity contribution in [1.82, 2.24) is 19.9 Å². The summed E-state index contributed by atoms with van der Waals surface area (Å²) in [6.45, 7) is 2.71. The van der Waals surface area contributed by atoms with Crippen LogP contribution in [0.5, 0.6) is 5.75 Å². The minimum absolute atomic E-state index is 0.0330. The maximum atomic E-state index is 13.0. The van der Waals surface area contributed by atoms with Gasteiger partial charge in [0.15, 0.2) is 5.82 Å². The molecule has 0 radical (unpaired) electrons. The average Bonchev–Trinajstić information content (AvgIpc) is 2.74. The average molecular weight is 360 g/mol. The lowest BCUT2D eigenvalue weighted by Crippen LogP contribution is -2.39. The highest BCUT2D eigenvalue weighted by Gasteiger charge is 2.29. The molecule has 1 atom stereocenters. The van der Waals surface area contributed by atoms with Crippen LogP contribution in [0.4, 0.5) is 0 Å². The number of carbonyl (C=O) groups is 1. The Morgan fingerprint density at radius 2 is 2.00 bits per heavy atom. The molecule has 4 rings (SSSR count). The highest BCUT2D eigenvalue weighted by atomic mass is 16.5. The number of hydrogen-bond donors (Lipinski definition) is 0. The predicted molar refractivity (Wildman–Crippen MR) is 101 cm³/mol. The van der Waals surface area contributed by atoms with Crippen molar-refractivity contribution in [3.63, 3.8) is 0 Å². The van der Waals surface area contributed by atoms with Crippen molar-refractivity contribution in [3.8, 4) is 17.1 Å². The van der Waals surface area contributed by atoms with Gasteiger partial charge in [0.25, 0.3) is 5.91 Å². The fraction of sp³-hybridized carbons (Fsp3) is 0.238. The van der Waals surface area contributed by atoms with Gasteiger partial charge in [0.05, 0.1) is 18.7 Å². The predicted octanol–water partition coefficient (Wildman–Crippen LogP) is 3.31. The third kappa shape index (κ3) is 3.26. The Kier molecular flexibility index (Phi) is 4.54. The van der Waals surface area contributed by atoms with Gasteiger partial charge in [0.1, 0.15) is 5.75 Å². The maximum absolute atomic E-state index is 13.0. The van der Waals surface area contributed by atoms with Gasteiger partial charge in [-0.05, 0) is 48.7 Å². The van der Waals surface area contributed by atoms with E-state index in [4.69, 9.17) is 4.74 Å². The quantitative estimate of drug-likeness (QED) is 0.717. The lowest BCUT2D eigenvalue weighted by Gasteiger charge is -2.35. The van der Waals surface area contributed by atoms with Gasteiger partial charge >= 0.3 is 0 Å². The molecule has 0 bridgehead atoms. The zero-order chi connectivity index (χ0) is 18.8. The molecule has 1 aliphatic heterocycles. The molecule has 0 fully saturated rings. The first-order valence-electron chi connectivity index (χ1n) is 8.87. The number of aromatic nitrogens is 3. The molecule has 0 spiro atoms. The van der Waals surface area contributed by atoms with E-state index in [2.05, 4.69) is 21.0 Å². The number of hydrogen-bond acceptors (Lipinski definition) is 5. The summed E-state index contributed by atoms with van der Waals surface area (Å²) < 4.78 is 5.34. The van der Waals surface area contributed by atoms with Crippen molar-refractivity contribution >= 4 is 5.91 Å². The van der Waals surface area contributed by atoms with Crippen LogP contribution in [-0.2, 0) is 6.42 Å². The van der Waals surface area contributed by atoms with E-state index in [1.807, 2.05) is 36.1 Å². The first-order chi connectivity index (χ1) is 13.2. The molecule has 136 valence electrons. The monoisotopic (exact) mass is 360 g/mol. The molecule has 1 amide bonds. The number of fused-ring (bicyclic) bond motifs is 1. The van der Waals surface area contributed by atoms with E-state index in [0.29, 0.717) is 17.9 Å². The van der Waals surface area contributed by atoms with Gasteiger partial charge in [0, 0.05) is 36.9 Å². The van der Waals surface area contributed by atoms with Gasteiger partial charge in [0.2, 0.25) is 0 Å². The summed E-state index contributed by atoms with van der Waals surface area (Å²) in [6.07, 6.45) is 7.40. The molecule has 1 unspecified atom stereocenters. The minimum Gasteiger partial charge on any atom is -0.497 e. The molecule has 6 nitrogen and oxygen atoms in total. The SMILES string of the molecule is COc1ccc2c(c1)C(C)N(C(=O)c1cnc(-c3cccnc3)nc1)CC2. The van der Waals surface area contributed by atoms with E-state index in [0.717, 1.165) is 23.3 Å². The van der Waals surface area contributed by atoms with Crippen LogP contribution in [0.25, 0.3) is 11.4 Å². The molecule has 3 aromatic rings. The Morgan fingerprint density at radius 3 is 2.70 bits per heavy atom. The van der Waals surface area contributed by atoms with Gasteiger partial charge in [-0.15, -0.1) is 0 Å². The highest BCUT2D eigenvalue weighted by Crippen LogP contribution is 2.33. The van der Waals surface area contributed by atoms with Crippen molar-refractivity contribution in [3.05, 3.63) is 71.8 Å². The number of benzene rings is 1. The van der Waals surface area contributed by atoms with E-state index in [1.54, 1.807) is 31.9 Å². The number of amides is 1. The number of methoxy groups -OCH3 is 1. The van der Waals surface area contributed by atoms with Gasteiger partial charge in [-0.25, -0.2) is 9.97 Å². The Labute approximate surface area is 157 Å². The molecule has 2 aromatic heterocycles. The van der Waals surface area contributed by atoms with E-state index in [1.165, 1.54) is 5.56 Å². The zero-order valence-electron chi connectivity index (χ0n) is 15.3. The van der Waals surface area contributed by atoms with Crippen molar-refractivity contribution in [2.24, 2.45) is 0 Å². The third-order valence-corrected chi connectivity index (χ3v) is 4.97. The van der Waals surface area contributed by atoms with Gasteiger partial charge < -0.3 is 9.64 Å². The van der Waals surface area contributed by atoms with Crippen molar-refractivity contribution in [2.75, 3.05) is 13.7 Å². The maximum Gasteiger partial charge on any atom is 0.257 e. The van der Waals surface area contributed by atoms with E-state index in [-0.39, 0.29) is 11.9 Å². The number of nitrogens with zero attached hydrogens (tertiary/aromatic N) is 4. The summed E-state index contributed by atoms with van der Waals surface area (Å²) in [5, 5.41) is 0. The second kappa shape index (κ2) is 7.15. The fourth-order valence-electron chi connectivity index (χ4n) is 3.44. The van der Waals surface area contributed by atoms with Gasteiger partial charge in [-0.1, -0.05) is 6.07 Å². The number of ether oxygens (including phenoxy) is 1. The Balaban J connectivity index is 1.57. The lowest BCUT2D eigenvalue weighted by atomic mass is 9.93. The summed E-state index contributed by atoms with van der Waals surface area (Å²) in [5.41, 5.74) is 3.70. The van der Waals surface area contributed by atoms with Crippen LogP contribution in [0.2, 0.25) is 0 Å². The summed E-state index contributed by atoms with van der Waals surface area (Å²) >= 11 is 0. The molecule has 0 saturated carbocycles. The largest absolute Gasteiger partial charge is 0.497 e. The van der Waals surface area contributed by atoms with Crippen molar-refractivity contribution < 1.29 is 9.53 Å². The van der Waals surface area contributed by atoms with Crippen LogP contribution in [0.3, 0.4) is 0 Å². The second-order valence-corrected chi connectivity index (χ2v) is 6.53. The molecular formula is C21H20N4O2. The number of pyridine rings is 1. The first kappa shape index (κ1) is 17.1. The van der Waals surface area contributed by atoms with Crippen LogP contribution in [0, 0.1) is 0 Å². The Morgan fingerprint density at radius 1 is 1.19 bits per heavy atom. The second-order valence-electron chi connectivity index (χ2n) is 6.53. The third-order valence-electron chi connectivity index (χ3n) is 4.97. The van der Waals surface area contributed by atoms with Crippen LogP contribution >= 0.6 is 0 Å². The molecule has 0 aliphatic carbocycles. The number of carbonyl (C=O) groups excluding carboxylic acids is 1. The lowest BCUT2D eigenvalue weighted by molar-refractivity contribution is 0.0676. The molecule has 0 saturated heterocycles. The topological polar surface area (TPSA) is 68.2 Å². The standard InChI is InChI=1S/C21H20N4O2/c1-14-19-10-18(27-2)6-5-15(19)7-9-25(14)21(26)17-12-23-20(24-13-17)16-4-3-8-22-11-16/h3-6,8,10-14H,7,9H2,1-2H3. The first-order valence-corrected chi connectivity index (χ1v) is 8.87. The minimum atomic E-state index is -0.0614.